The average molecular weight is 266 g/mol. The Balaban J connectivity index is 2.25. The van der Waals surface area contributed by atoms with Crippen molar-refractivity contribution in [3.8, 4) is 11.5 Å². The Hall–Kier alpha value is -2.09. The molecule has 0 aliphatic heterocycles. The number of aryl methyl sites for hydroxylation is 2. The van der Waals surface area contributed by atoms with E-state index in [2.05, 4.69) is 56.7 Å². The van der Waals surface area contributed by atoms with Crippen LogP contribution in [0.25, 0.3) is 22.6 Å². The third kappa shape index (κ3) is 2.01. The van der Waals surface area contributed by atoms with Crippen LogP contribution >= 0.6 is 0 Å². The fourth-order valence-electron chi connectivity index (χ4n) is 2.57. The van der Waals surface area contributed by atoms with Crippen LogP contribution in [0.5, 0.6) is 0 Å². The largest absolute Gasteiger partial charge is 0.398 e. The first kappa shape index (κ1) is 12.9. The molecule has 0 atom stereocenters. The van der Waals surface area contributed by atoms with Gasteiger partial charge < -0.3 is 4.42 Å². The zero-order chi connectivity index (χ0) is 14.3. The lowest BCUT2D eigenvalue weighted by Crippen LogP contribution is -2.28. The van der Waals surface area contributed by atoms with Crippen LogP contribution in [0.4, 0.5) is 0 Å². The highest BCUT2D eigenvalue weighted by Gasteiger charge is 2.22. The van der Waals surface area contributed by atoms with Gasteiger partial charge in [-0.2, -0.15) is 4.57 Å². The molecule has 2 aromatic carbocycles. The van der Waals surface area contributed by atoms with Crippen LogP contribution in [0.15, 0.2) is 46.9 Å². The number of oxazole rings is 1. The van der Waals surface area contributed by atoms with Gasteiger partial charge in [0.15, 0.2) is 0 Å². The predicted octanol–water partition coefficient (Wildman–Crippen LogP) is 4.36. The molecule has 0 spiro atoms. The molecule has 2 heteroatoms. The molecule has 0 aliphatic rings. The number of nitrogens with zero attached hydrogens (tertiary/aromatic N) is 1. The highest BCUT2D eigenvalue weighted by molar-refractivity contribution is 5.72. The quantitative estimate of drug-likeness (QED) is 0.630. The molecule has 0 bridgehead atoms. The van der Waals surface area contributed by atoms with Gasteiger partial charge in [-0.1, -0.05) is 38.1 Å². The lowest BCUT2D eigenvalue weighted by molar-refractivity contribution is -0.637. The van der Waals surface area contributed by atoms with E-state index in [4.69, 9.17) is 4.42 Å². The average Bonchev–Trinajstić information content (AvgIpc) is 2.77. The Morgan fingerprint density at radius 2 is 1.80 bits per heavy atom. The van der Waals surface area contributed by atoms with Gasteiger partial charge in [0.1, 0.15) is 7.05 Å². The zero-order valence-corrected chi connectivity index (χ0v) is 12.5. The molecule has 0 unspecified atom stereocenters. The molecule has 102 valence electrons. The van der Waals surface area contributed by atoms with E-state index in [9.17, 15) is 0 Å². The van der Waals surface area contributed by atoms with Crippen molar-refractivity contribution in [3.05, 3.63) is 53.6 Å². The molecule has 3 rings (SSSR count). The minimum Gasteiger partial charge on any atom is -0.398 e. The van der Waals surface area contributed by atoms with Gasteiger partial charge in [-0.05, 0) is 36.1 Å². The maximum atomic E-state index is 6.06. The number of para-hydroxylation sites is 2. The van der Waals surface area contributed by atoms with Crippen LogP contribution in [0.1, 0.15) is 30.9 Å². The minimum absolute atomic E-state index is 0.518. The second-order valence-corrected chi connectivity index (χ2v) is 5.66. The molecule has 0 radical (unpaired) electrons. The molecular formula is C18H20NO+. The Labute approximate surface area is 119 Å². The van der Waals surface area contributed by atoms with Crippen LogP contribution in [0.2, 0.25) is 0 Å². The van der Waals surface area contributed by atoms with Gasteiger partial charge in [-0.25, -0.2) is 0 Å². The standard InChI is InChI=1S/C18H20NO/c1-12(2)14-10-9-13(3)15(11-14)18-19(4)16-7-5-6-8-17(16)20-18/h5-12H,1-4H3/q+1. The van der Waals surface area contributed by atoms with Crippen molar-refractivity contribution in [2.45, 2.75) is 26.7 Å². The molecule has 20 heavy (non-hydrogen) atoms. The van der Waals surface area contributed by atoms with Crippen molar-refractivity contribution in [2.75, 3.05) is 0 Å². The van der Waals surface area contributed by atoms with Gasteiger partial charge >= 0.3 is 5.89 Å². The van der Waals surface area contributed by atoms with E-state index < -0.39 is 0 Å². The maximum Gasteiger partial charge on any atom is 0.381 e. The smallest absolute Gasteiger partial charge is 0.381 e. The van der Waals surface area contributed by atoms with Crippen LogP contribution in [-0.4, -0.2) is 0 Å². The Bertz CT molecular complexity index is 768. The van der Waals surface area contributed by atoms with E-state index in [0.717, 1.165) is 17.0 Å². The van der Waals surface area contributed by atoms with Crippen LogP contribution in [0.3, 0.4) is 0 Å². The second kappa shape index (κ2) is 4.78. The molecule has 0 amide bonds. The molecule has 1 heterocycles. The van der Waals surface area contributed by atoms with E-state index in [1.165, 1.54) is 16.7 Å². The highest BCUT2D eigenvalue weighted by Crippen LogP contribution is 2.28. The van der Waals surface area contributed by atoms with Crippen LogP contribution < -0.4 is 4.57 Å². The first-order valence-corrected chi connectivity index (χ1v) is 7.06. The number of hydrogen-bond donors (Lipinski definition) is 0. The third-order valence-corrected chi connectivity index (χ3v) is 3.90. The van der Waals surface area contributed by atoms with Gasteiger partial charge in [-0.3, -0.25) is 0 Å². The van der Waals surface area contributed by atoms with Crippen LogP contribution in [0, 0.1) is 6.92 Å². The summed E-state index contributed by atoms with van der Waals surface area (Å²) >= 11 is 0. The van der Waals surface area contributed by atoms with Crippen molar-refractivity contribution in [3.63, 3.8) is 0 Å². The van der Waals surface area contributed by atoms with Crippen molar-refractivity contribution in [1.29, 1.82) is 0 Å². The number of aromatic nitrogens is 1. The highest BCUT2D eigenvalue weighted by atomic mass is 16.4. The van der Waals surface area contributed by atoms with Crippen molar-refractivity contribution in [1.82, 2.24) is 0 Å². The summed E-state index contributed by atoms with van der Waals surface area (Å²) in [5.74, 6) is 1.44. The van der Waals surface area contributed by atoms with Gasteiger partial charge in [0, 0.05) is 6.07 Å². The fraction of sp³-hybridized carbons (Fsp3) is 0.278. The summed E-state index contributed by atoms with van der Waals surface area (Å²) in [4.78, 5) is 0. The SMILES string of the molecule is Cc1ccc(C(C)C)cc1-c1oc2ccccc2[n+]1C. The molecule has 0 fully saturated rings. The number of hydrogen-bond acceptors (Lipinski definition) is 1. The number of fused-ring (bicyclic) bond motifs is 1. The third-order valence-electron chi connectivity index (χ3n) is 3.90. The van der Waals surface area contributed by atoms with Gasteiger partial charge in [0.25, 0.3) is 5.52 Å². The summed E-state index contributed by atoms with van der Waals surface area (Å²) in [6, 6.07) is 14.8. The summed E-state index contributed by atoms with van der Waals surface area (Å²) in [6.07, 6.45) is 0. The Kier molecular flexibility index (Phi) is 3.09. The Morgan fingerprint density at radius 3 is 2.50 bits per heavy atom. The van der Waals surface area contributed by atoms with E-state index in [0.29, 0.717) is 5.92 Å². The lowest BCUT2D eigenvalue weighted by atomic mass is 9.98. The first-order chi connectivity index (χ1) is 9.58. The molecule has 0 N–H and O–H groups in total. The number of benzene rings is 2. The normalized spacial score (nSPS) is 11.4. The topological polar surface area (TPSA) is 17.0 Å². The summed E-state index contributed by atoms with van der Waals surface area (Å²) in [5.41, 5.74) is 5.81. The molecule has 3 aromatic rings. The molecule has 0 aliphatic carbocycles. The summed E-state index contributed by atoms with van der Waals surface area (Å²) < 4.78 is 8.19. The molecule has 0 saturated heterocycles. The van der Waals surface area contributed by atoms with Crippen molar-refractivity contribution in [2.24, 2.45) is 7.05 Å². The number of rotatable bonds is 2. The molecule has 1 aromatic heterocycles. The van der Waals surface area contributed by atoms with Crippen molar-refractivity contribution < 1.29 is 8.98 Å². The summed E-state index contributed by atoms with van der Waals surface area (Å²) in [6.45, 7) is 6.56. The summed E-state index contributed by atoms with van der Waals surface area (Å²) in [5, 5.41) is 0. The Morgan fingerprint density at radius 1 is 1.05 bits per heavy atom. The first-order valence-electron chi connectivity index (χ1n) is 7.06. The van der Waals surface area contributed by atoms with E-state index >= 15 is 0 Å². The van der Waals surface area contributed by atoms with E-state index in [-0.39, 0.29) is 0 Å². The maximum absolute atomic E-state index is 6.06. The lowest BCUT2D eigenvalue weighted by Gasteiger charge is -2.07. The monoisotopic (exact) mass is 266 g/mol. The second-order valence-electron chi connectivity index (χ2n) is 5.66. The predicted molar refractivity (Wildman–Crippen MR) is 81.7 cm³/mol. The van der Waals surface area contributed by atoms with Gasteiger partial charge in [-0.15, -0.1) is 0 Å². The van der Waals surface area contributed by atoms with E-state index in [1.807, 2.05) is 18.2 Å². The van der Waals surface area contributed by atoms with Gasteiger partial charge in [0.2, 0.25) is 5.58 Å². The molecule has 0 saturated carbocycles. The van der Waals surface area contributed by atoms with Gasteiger partial charge in [0.05, 0.1) is 5.56 Å². The molecule has 2 nitrogen and oxygen atoms in total. The van der Waals surface area contributed by atoms with Crippen molar-refractivity contribution >= 4 is 11.1 Å². The van der Waals surface area contributed by atoms with E-state index in [1.54, 1.807) is 0 Å². The van der Waals surface area contributed by atoms with Crippen LogP contribution in [-0.2, 0) is 7.05 Å². The zero-order valence-electron chi connectivity index (χ0n) is 12.5. The molecular weight excluding hydrogens is 246 g/mol. The summed E-state index contributed by atoms with van der Waals surface area (Å²) in [7, 11) is 2.06. The fourth-order valence-corrected chi connectivity index (χ4v) is 2.57. The minimum atomic E-state index is 0.518.